The third kappa shape index (κ3) is 2.31. The molecule has 1 aliphatic carbocycles. The molecular weight excluding hydrogens is 262 g/mol. The molecule has 0 amide bonds. The summed E-state index contributed by atoms with van der Waals surface area (Å²) in [5, 5.41) is 0. The van der Waals surface area contributed by atoms with Gasteiger partial charge in [-0.25, -0.2) is 4.98 Å². The molecule has 1 saturated heterocycles. The lowest BCUT2D eigenvalue weighted by molar-refractivity contribution is 0.0835. The van der Waals surface area contributed by atoms with E-state index < -0.39 is 0 Å². The van der Waals surface area contributed by atoms with Crippen LogP contribution in [0.1, 0.15) is 44.3 Å². The standard InChI is InChI=1S/C17H23N3O/c1-2-16-12(7-8-21-16)10-20-15-6-5-13(18)9-14(15)19-17(20)11-3-4-11/h5-6,9,11-12,16H,2-4,7-8,10,18H2,1H3. The number of nitrogens with zero attached hydrogens (tertiary/aromatic N) is 2. The van der Waals surface area contributed by atoms with Crippen LogP contribution in [0.15, 0.2) is 18.2 Å². The lowest BCUT2D eigenvalue weighted by Gasteiger charge is -2.19. The average Bonchev–Trinajstić information content (AvgIpc) is 3.13. The van der Waals surface area contributed by atoms with Gasteiger partial charge < -0.3 is 15.0 Å². The molecule has 2 fully saturated rings. The van der Waals surface area contributed by atoms with Crippen LogP contribution in [0.5, 0.6) is 0 Å². The van der Waals surface area contributed by atoms with Crippen LogP contribution in [0.3, 0.4) is 0 Å². The van der Waals surface area contributed by atoms with E-state index in [1.54, 1.807) is 0 Å². The molecule has 0 spiro atoms. The summed E-state index contributed by atoms with van der Waals surface area (Å²) in [7, 11) is 0. The summed E-state index contributed by atoms with van der Waals surface area (Å²) in [5.41, 5.74) is 8.98. The molecule has 1 aromatic heterocycles. The Labute approximate surface area is 125 Å². The van der Waals surface area contributed by atoms with Gasteiger partial charge in [-0.2, -0.15) is 0 Å². The zero-order valence-electron chi connectivity index (χ0n) is 12.6. The molecular formula is C17H23N3O. The lowest BCUT2D eigenvalue weighted by Crippen LogP contribution is -2.21. The molecule has 2 N–H and O–H groups in total. The summed E-state index contributed by atoms with van der Waals surface area (Å²) in [6.07, 6.45) is 5.22. The topological polar surface area (TPSA) is 53.1 Å². The van der Waals surface area contributed by atoms with Gasteiger partial charge >= 0.3 is 0 Å². The van der Waals surface area contributed by atoms with Crippen molar-refractivity contribution in [3.63, 3.8) is 0 Å². The highest BCUT2D eigenvalue weighted by Crippen LogP contribution is 2.41. The molecule has 1 aliphatic heterocycles. The molecule has 4 heteroatoms. The number of anilines is 1. The Kier molecular flexibility index (Phi) is 3.14. The molecule has 4 rings (SSSR count). The first kappa shape index (κ1) is 13.1. The molecule has 1 aromatic carbocycles. The zero-order chi connectivity index (χ0) is 14.4. The van der Waals surface area contributed by atoms with Crippen LogP contribution in [-0.2, 0) is 11.3 Å². The molecule has 0 radical (unpaired) electrons. The molecule has 2 atom stereocenters. The highest BCUT2D eigenvalue weighted by Gasteiger charge is 2.33. The fourth-order valence-corrected chi connectivity index (χ4v) is 3.60. The normalized spacial score (nSPS) is 25.8. The summed E-state index contributed by atoms with van der Waals surface area (Å²) in [6.45, 7) is 4.16. The molecule has 4 nitrogen and oxygen atoms in total. The van der Waals surface area contributed by atoms with Crippen molar-refractivity contribution in [1.29, 1.82) is 0 Å². The maximum Gasteiger partial charge on any atom is 0.113 e. The number of benzene rings is 1. The molecule has 2 aromatic rings. The minimum Gasteiger partial charge on any atom is -0.399 e. The Bertz CT molecular complexity index is 659. The van der Waals surface area contributed by atoms with Crippen LogP contribution in [0.4, 0.5) is 5.69 Å². The Balaban J connectivity index is 1.73. The van der Waals surface area contributed by atoms with Crippen LogP contribution in [0.25, 0.3) is 11.0 Å². The Morgan fingerprint density at radius 3 is 2.95 bits per heavy atom. The third-order valence-corrected chi connectivity index (χ3v) is 4.91. The van der Waals surface area contributed by atoms with Crippen LogP contribution in [0.2, 0.25) is 0 Å². The second-order valence-electron chi connectivity index (χ2n) is 6.47. The number of aromatic nitrogens is 2. The molecule has 21 heavy (non-hydrogen) atoms. The monoisotopic (exact) mass is 285 g/mol. The Hall–Kier alpha value is -1.55. The van der Waals surface area contributed by atoms with E-state index >= 15 is 0 Å². The highest BCUT2D eigenvalue weighted by atomic mass is 16.5. The van der Waals surface area contributed by atoms with Gasteiger partial charge in [0, 0.05) is 30.7 Å². The van der Waals surface area contributed by atoms with Crippen molar-refractivity contribution < 1.29 is 4.74 Å². The first-order valence-corrected chi connectivity index (χ1v) is 8.13. The minimum absolute atomic E-state index is 0.406. The van der Waals surface area contributed by atoms with E-state index in [1.165, 1.54) is 24.2 Å². The van der Waals surface area contributed by atoms with Crippen molar-refractivity contribution in [1.82, 2.24) is 9.55 Å². The molecule has 2 heterocycles. The van der Waals surface area contributed by atoms with Crippen LogP contribution < -0.4 is 5.73 Å². The first-order chi connectivity index (χ1) is 10.3. The fourth-order valence-electron chi connectivity index (χ4n) is 3.60. The molecule has 112 valence electrons. The zero-order valence-corrected chi connectivity index (χ0v) is 12.6. The van der Waals surface area contributed by atoms with Gasteiger partial charge in [0.15, 0.2) is 0 Å². The van der Waals surface area contributed by atoms with Gasteiger partial charge in [-0.15, -0.1) is 0 Å². The summed E-state index contributed by atoms with van der Waals surface area (Å²) in [6, 6.07) is 6.11. The number of hydrogen-bond donors (Lipinski definition) is 1. The maximum absolute atomic E-state index is 5.91. The average molecular weight is 285 g/mol. The predicted octanol–water partition coefficient (Wildman–Crippen LogP) is 3.31. The number of nitrogens with two attached hydrogens (primary N) is 1. The van der Waals surface area contributed by atoms with E-state index in [1.807, 2.05) is 12.1 Å². The van der Waals surface area contributed by atoms with E-state index in [9.17, 15) is 0 Å². The van der Waals surface area contributed by atoms with Crippen LogP contribution in [-0.4, -0.2) is 22.3 Å². The van der Waals surface area contributed by atoms with Crippen molar-refractivity contribution in [2.24, 2.45) is 5.92 Å². The predicted molar refractivity (Wildman–Crippen MR) is 84.3 cm³/mol. The summed E-state index contributed by atoms with van der Waals surface area (Å²) in [4.78, 5) is 4.87. The first-order valence-electron chi connectivity index (χ1n) is 8.13. The van der Waals surface area contributed by atoms with Gasteiger partial charge in [0.25, 0.3) is 0 Å². The number of hydrogen-bond acceptors (Lipinski definition) is 3. The lowest BCUT2D eigenvalue weighted by atomic mass is 9.99. The molecule has 1 saturated carbocycles. The third-order valence-electron chi connectivity index (χ3n) is 4.91. The number of imidazole rings is 1. The smallest absolute Gasteiger partial charge is 0.113 e. The van der Waals surface area contributed by atoms with Crippen LogP contribution >= 0.6 is 0 Å². The number of fused-ring (bicyclic) bond motifs is 1. The van der Waals surface area contributed by atoms with Crippen molar-refractivity contribution in [2.75, 3.05) is 12.3 Å². The van der Waals surface area contributed by atoms with E-state index in [0.717, 1.165) is 37.2 Å². The van der Waals surface area contributed by atoms with Crippen molar-refractivity contribution in [3.8, 4) is 0 Å². The van der Waals surface area contributed by atoms with Gasteiger partial charge in [-0.3, -0.25) is 0 Å². The van der Waals surface area contributed by atoms with E-state index in [-0.39, 0.29) is 0 Å². The summed E-state index contributed by atoms with van der Waals surface area (Å²) < 4.78 is 8.30. The maximum atomic E-state index is 5.91. The number of ether oxygens (including phenoxy) is 1. The Morgan fingerprint density at radius 2 is 2.19 bits per heavy atom. The second-order valence-corrected chi connectivity index (χ2v) is 6.47. The minimum atomic E-state index is 0.406. The van der Waals surface area contributed by atoms with Crippen LogP contribution in [0, 0.1) is 5.92 Å². The summed E-state index contributed by atoms with van der Waals surface area (Å²) >= 11 is 0. The summed E-state index contributed by atoms with van der Waals surface area (Å²) in [5.74, 6) is 2.53. The largest absolute Gasteiger partial charge is 0.399 e. The second kappa shape index (κ2) is 5.02. The van der Waals surface area contributed by atoms with Gasteiger partial charge in [0.1, 0.15) is 5.82 Å². The van der Waals surface area contributed by atoms with Crippen molar-refractivity contribution >= 4 is 16.7 Å². The van der Waals surface area contributed by atoms with Gasteiger partial charge in [0.2, 0.25) is 0 Å². The molecule has 0 bridgehead atoms. The van der Waals surface area contributed by atoms with Crippen molar-refractivity contribution in [2.45, 2.75) is 51.2 Å². The van der Waals surface area contributed by atoms with Crippen molar-refractivity contribution in [3.05, 3.63) is 24.0 Å². The van der Waals surface area contributed by atoms with Gasteiger partial charge in [-0.1, -0.05) is 6.92 Å². The quantitative estimate of drug-likeness (QED) is 0.877. The van der Waals surface area contributed by atoms with Gasteiger partial charge in [-0.05, 0) is 43.9 Å². The van der Waals surface area contributed by atoms with E-state index in [2.05, 4.69) is 17.6 Å². The van der Waals surface area contributed by atoms with E-state index in [0.29, 0.717) is 17.9 Å². The number of rotatable bonds is 4. The highest BCUT2D eigenvalue weighted by molar-refractivity contribution is 5.79. The van der Waals surface area contributed by atoms with E-state index in [4.69, 9.17) is 15.5 Å². The molecule has 2 aliphatic rings. The van der Waals surface area contributed by atoms with Gasteiger partial charge in [0.05, 0.1) is 17.1 Å². The fraction of sp³-hybridized carbons (Fsp3) is 0.588. The Morgan fingerprint density at radius 1 is 1.33 bits per heavy atom. The SMILES string of the molecule is CCC1OCCC1Cn1c(C2CC2)nc2cc(N)ccc21. The molecule has 2 unspecified atom stereocenters. The number of nitrogen functional groups attached to an aromatic ring is 1.